The van der Waals surface area contributed by atoms with E-state index < -0.39 is 0 Å². The molecule has 1 aromatic rings. The SMILES string of the molecule is COCC1C(C(=O)N2CCN(c3ccccc3)CC2)CCC(=O)N1C. The quantitative estimate of drug-likeness (QED) is 0.823. The first-order valence-corrected chi connectivity index (χ1v) is 8.95. The van der Waals surface area contributed by atoms with Gasteiger partial charge in [-0.1, -0.05) is 18.2 Å². The molecule has 2 unspecified atom stereocenters. The number of rotatable bonds is 4. The van der Waals surface area contributed by atoms with Gasteiger partial charge in [0.25, 0.3) is 0 Å². The minimum Gasteiger partial charge on any atom is -0.383 e. The number of hydrogen-bond acceptors (Lipinski definition) is 4. The molecule has 0 aromatic heterocycles. The van der Waals surface area contributed by atoms with Crippen molar-refractivity contribution in [3.8, 4) is 0 Å². The predicted molar refractivity (Wildman–Crippen MR) is 96.4 cm³/mol. The summed E-state index contributed by atoms with van der Waals surface area (Å²) in [7, 11) is 3.39. The smallest absolute Gasteiger partial charge is 0.227 e. The third-order valence-electron chi connectivity index (χ3n) is 5.39. The first-order valence-electron chi connectivity index (χ1n) is 8.95. The summed E-state index contributed by atoms with van der Waals surface area (Å²) in [6, 6.07) is 10.1. The molecular weight excluding hydrogens is 318 g/mol. The van der Waals surface area contributed by atoms with E-state index in [4.69, 9.17) is 4.74 Å². The monoisotopic (exact) mass is 345 g/mol. The highest BCUT2D eigenvalue weighted by atomic mass is 16.5. The van der Waals surface area contributed by atoms with Gasteiger partial charge in [0.1, 0.15) is 0 Å². The number of anilines is 1. The van der Waals surface area contributed by atoms with Gasteiger partial charge < -0.3 is 19.4 Å². The van der Waals surface area contributed by atoms with Gasteiger partial charge in [-0.2, -0.15) is 0 Å². The summed E-state index contributed by atoms with van der Waals surface area (Å²) in [5.74, 6) is 0.0973. The summed E-state index contributed by atoms with van der Waals surface area (Å²) in [6.07, 6.45) is 1.06. The molecule has 2 aliphatic heterocycles. The number of likely N-dealkylation sites (N-methyl/N-ethyl adjacent to an activating group) is 1. The lowest BCUT2D eigenvalue weighted by Gasteiger charge is -2.42. The van der Waals surface area contributed by atoms with Crippen LogP contribution in [0, 0.1) is 5.92 Å². The predicted octanol–water partition coefficient (Wildman–Crippen LogP) is 1.22. The van der Waals surface area contributed by atoms with Crippen molar-refractivity contribution >= 4 is 17.5 Å². The molecule has 25 heavy (non-hydrogen) atoms. The Kier molecular flexibility index (Phi) is 5.58. The van der Waals surface area contributed by atoms with Gasteiger partial charge in [0, 0.05) is 52.4 Å². The maximum atomic E-state index is 13.0. The summed E-state index contributed by atoms with van der Waals surface area (Å²) in [4.78, 5) is 31.0. The number of benzene rings is 1. The first kappa shape index (κ1) is 17.7. The average molecular weight is 345 g/mol. The van der Waals surface area contributed by atoms with Crippen molar-refractivity contribution in [2.45, 2.75) is 18.9 Å². The maximum Gasteiger partial charge on any atom is 0.227 e. The van der Waals surface area contributed by atoms with Crippen LogP contribution in [0.5, 0.6) is 0 Å². The van der Waals surface area contributed by atoms with Crippen molar-refractivity contribution in [2.24, 2.45) is 5.92 Å². The van der Waals surface area contributed by atoms with Crippen molar-refractivity contribution < 1.29 is 14.3 Å². The fourth-order valence-electron chi connectivity index (χ4n) is 3.85. The van der Waals surface area contributed by atoms with E-state index in [-0.39, 0.29) is 23.8 Å². The van der Waals surface area contributed by atoms with Crippen LogP contribution in [0.3, 0.4) is 0 Å². The van der Waals surface area contributed by atoms with E-state index in [1.807, 2.05) is 23.1 Å². The molecule has 2 aliphatic rings. The van der Waals surface area contributed by atoms with Crippen LogP contribution in [0.2, 0.25) is 0 Å². The van der Waals surface area contributed by atoms with E-state index in [0.29, 0.717) is 19.4 Å². The van der Waals surface area contributed by atoms with Gasteiger partial charge in [0.15, 0.2) is 0 Å². The summed E-state index contributed by atoms with van der Waals surface area (Å²) in [5, 5.41) is 0. The van der Waals surface area contributed by atoms with E-state index in [0.717, 1.165) is 26.2 Å². The molecule has 0 bridgehead atoms. The molecule has 0 radical (unpaired) electrons. The molecule has 6 heteroatoms. The van der Waals surface area contributed by atoms with Gasteiger partial charge >= 0.3 is 0 Å². The first-order chi connectivity index (χ1) is 12.1. The number of carbonyl (C=O) groups is 2. The Balaban J connectivity index is 1.62. The lowest BCUT2D eigenvalue weighted by molar-refractivity contribution is -0.148. The number of amides is 2. The Bertz CT molecular complexity index is 599. The number of likely N-dealkylation sites (tertiary alicyclic amines) is 1. The van der Waals surface area contributed by atoms with E-state index >= 15 is 0 Å². The van der Waals surface area contributed by atoms with Crippen LogP contribution < -0.4 is 4.90 Å². The molecule has 2 amide bonds. The highest BCUT2D eigenvalue weighted by Crippen LogP contribution is 2.26. The van der Waals surface area contributed by atoms with Gasteiger partial charge in [-0.05, 0) is 18.6 Å². The molecule has 136 valence electrons. The zero-order chi connectivity index (χ0) is 17.8. The fraction of sp³-hybridized carbons (Fsp3) is 0.579. The second kappa shape index (κ2) is 7.87. The number of hydrogen-bond donors (Lipinski definition) is 0. The summed E-state index contributed by atoms with van der Waals surface area (Å²) in [6.45, 7) is 3.53. The number of methoxy groups -OCH3 is 1. The van der Waals surface area contributed by atoms with Crippen LogP contribution in [0.4, 0.5) is 5.69 Å². The van der Waals surface area contributed by atoms with E-state index in [1.54, 1.807) is 19.1 Å². The number of carbonyl (C=O) groups excluding carboxylic acids is 2. The molecule has 2 atom stereocenters. The van der Waals surface area contributed by atoms with Gasteiger partial charge in [-0.15, -0.1) is 0 Å². The Hall–Kier alpha value is -2.08. The second-order valence-electron chi connectivity index (χ2n) is 6.82. The van der Waals surface area contributed by atoms with Gasteiger partial charge in [-0.3, -0.25) is 9.59 Å². The van der Waals surface area contributed by atoms with Crippen LogP contribution in [-0.4, -0.2) is 74.6 Å². The Labute approximate surface area is 149 Å². The van der Waals surface area contributed by atoms with Crippen LogP contribution in [-0.2, 0) is 14.3 Å². The van der Waals surface area contributed by atoms with E-state index in [1.165, 1.54) is 5.69 Å². The average Bonchev–Trinajstić information content (AvgIpc) is 2.66. The number of piperidine rings is 1. The topological polar surface area (TPSA) is 53.1 Å². The third kappa shape index (κ3) is 3.79. The molecule has 0 N–H and O–H groups in total. The van der Waals surface area contributed by atoms with Crippen LogP contribution in [0.25, 0.3) is 0 Å². The zero-order valence-electron chi connectivity index (χ0n) is 15.1. The molecular formula is C19H27N3O3. The van der Waals surface area contributed by atoms with Crippen molar-refractivity contribution in [1.82, 2.24) is 9.80 Å². The molecule has 3 rings (SSSR count). The fourth-order valence-corrected chi connectivity index (χ4v) is 3.85. The zero-order valence-corrected chi connectivity index (χ0v) is 15.1. The van der Waals surface area contributed by atoms with Gasteiger partial charge in [0.2, 0.25) is 11.8 Å². The van der Waals surface area contributed by atoms with E-state index in [2.05, 4.69) is 17.0 Å². The molecule has 0 spiro atoms. The largest absolute Gasteiger partial charge is 0.383 e. The van der Waals surface area contributed by atoms with Crippen LogP contribution >= 0.6 is 0 Å². The number of para-hydroxylation sites is 1. The molecule has 2 saturated heterocycles. The summed E-state index contributed by atoms with van der Waals surface area (Å²) >= 11 is 0. The molecule has 1 aromatic carbocycles. The number of nitrogens with zero attached hydrogens (tertiary/aromatic N) is 3. The Morgan fingerprint density at radius 1 is 1.16 bits per heavy atom. The Morgan fingerprint density at radius 2 is 1.84 bits per heavy atom. The number of ether oxygens (including phenoxy) is 1. The van der Waals surface area contributed by atoms with Crippen molar-refractivity contribution in [3.63, 3.8) is 0 Å². The second-order valence-corrected chi connectivity index (χ2v) is 6.82. The lowest BCUT2D eigenvalue weighted by Crippen LogP contribution is -2.57. The molecule has 2 heterocycles. The normalized spacial score (nSPS) is 24.6. The minimum atomic E-state index is -0.161. The number of piperazine rings is 1. The summed E-state index contributed by atoms with van der Waals surface area (Å²) < 4.78 is 5.27. The van der Waals surface area contributed by atoms with Gasteiger partial charge in [-0.25, -0.2) is 0 Å². The van der Waals surface area contributed by atoms with E-state index in [9.17, 15) is 9.59 Å². The van der Waals surface area contributed by atoms with Crippen molar-refractivity contribution in [2.75, 3.05) is 51.8 Å². The van der Waals surface area contributed by atoms with Crippen LogP contribution in [0.15, 0.2) is 30.3 Å². The molecule has 0 aliphatic carbocycles. The standard InChI is InChI=1S/C19H27N3O3/c1-20-17(14-25-2)16(8-9-18(20)23)19(24)22-12-10-21(11-13-22)15-6-4-3-5-7-15/h3-7,16-17H,8-14H2,1-2H3. The Morgan fingerprint density at radius 3 is 2.48 bits per heavy atom. The highest BCUT2D eigenvalue weighted by molar-refractivity contribution is 5.84. The minimum absolute atomic E-state index is 0.0972. The van der Waals surface area contributed by atoms with Gasteiger partial charge in [0.05, 0.1) is 18.6 Å². The maximum absolute atomic E-state index is 13.0. The van der Waals surface area contributed by atoms with Crippen molar-refractivity contribution in [3.05, 3.63) is 30.3 Å². The summed E-state index contributed by atoms with van der Waals surface area (Å²) in [5.41, 5.74) is 1.20. The van der Waals surface area contributed by atoms with Crippen molar-refractivity contribution in [1.29, 1.82) is 0 Å². The van der Waals surface area contributed by atoms with Crippen LogP contribution in [0.1, 0.15) is 12.8 Å². The molecule has 6 nitrogen and oxygen atoms in total. The highest BCUT2D eigenvalue weighted by Gasteiger charge is 2.40. The molecule has 2 fully saturated rings. The lowest BCUT2D eigenvalue weighted by atomic mass is 9.88. The molecule has 0 saturated carbocycles. The third-order valence-corrected chi connectivity index (χ3v) is 5.39.